The first kappa shape index (κ1) is 16.3. The summed E-state index contributed by atoms with van der Waals surface area (Å²) in [7, 11) is 0. The largest absolute Gasteiger partial charge is 0.507 e. The highest BCUT2D eigenvalue weighted by atomic mass is 35.5. The lowest BCUT2D eigenvalue weighted by atomic mass is 9.96. The van der Waals surface area contributed by atoms with Crippen molar-refractivity contribution in [1.29, 1.82) is 0 Å². The molecule has 0 saturated carbocycles. The van der Waals surface area contributed by atoms with Gasteiger partial charge in [-0.3, -0.25) is 4.79 Å². The molecule has 0 radical (unpaired) electrons. The lowest BCUT2D eigenvalue weighted by molar-refractivity contribution is 0.100. The zero-order valence-electron chi connectivity index (χ0n) is 11.5. The Hall–Kier alpha value is -3.11. The van der Waals surface area contributed by atoms with Gasteiger partial charge in [0.2, 0.25) is 0 Å². The van der Waals surface area contributed by atoms with Gasteiger partial charge in [0.15, 0.2) is 11.6 Å². The van der Waals surface area contributed by atoms with Gasteiger partial charge in [0, 0.05) is 5.56 Å². The van der Waals surface area contributed by atoms with E-state index in [-0.39, 0.29) is 27.4 Å². The Labute approximate surface area is 135 Å². The first-order valence-electron chi connectivity index (χ1n) is 6.18. The number of hydrogen-bond acceptors (Lipinski definition) is 2. The van der Waals surface area contributed by atoms with E-state index in [2.05, 4.69) is 9.84 Å². The second kappa shape index (κ2) is 6.34. The van der Waals surface area contributed by atoms with Crippen molar-refractivity contribution in [2.75, 3.05) is 0 Å². The third kappa shape index (κ3) is 3.22. The van der Waals surface area contributed by atoms with E-state index in [1.165, 1.54) is 18.2 Å². The van der Waals surface area contributed by atoms with Gasteiger partial charge in [-0.2, -0.15) is 4.99 Å². The van der Waals surface area contributed by atoms with Crippen LogP contribution in [0.2, 0.25) is 5.02 Å². The molecule has 0 unspecified atom stereocenters. The summed E-state index contributed by atoms with van der Waals surface area (Å²) in [6.45, 7) is 7.23. The summed E-state index contributed by atoms with van der Waals surface area (Å²) in [5, 5.41) is 9.98. The Morgan fingerprint density at radius 3 is 2.57 bits per heavy atom. The molecule has 2 rings (SSSR count). The average Bonchev–Trinajstić information content (AvgIpc) is 2.46. The molecule has 0 heterocycles. The summed E-state index contributed by atoms with van der Waals surface area (Å²) in [5.41, 5.74) is 10.3. The van der Waals surface area contributed by atoms with Crippen LogP contribution < -0.4 is 11.5 Å². The summed E-state index contributed by atoms with van der Waals surface area (Å²) >= 11 is 6.01. The van der Waals surface area contributed by atoms with Crippen molar-refractivity contribution < 1.29 is 14.3 Å². The first-order chi connectivity index (χ1) is 10.8. The zero-order chi connectivity index (χ0) is 17.1. The number of amides is 1. The van der Waals surface area contributed by atoms with Crippen molar-refractivity contribution in [2.24, 2.45) is 16.5 Å². The van der Waals surface area contributed by atoms with Crippen LogP contribution in [0.25, 0.3) is 16.0 Å². The van der Waals surface area contributed by atoms with Crippen LogP contribution in [0.1, 0.15) is 10.4 Å². The average molecular weight is 333 g/mol. The minimum atomic E-state index is -0.941. The standard InChI is InChI=1S/C15H10ClFN4O2/c1-20-10-4-5-11(22)13(14(23)21-15(18)19)12(10)8-3-2-7(17)6-9(8)16/h2-6,22H,(H4,18,19,21,23). The molecule has 0 aromatic heterocycles. The molecule has 0 bridgehead atoms. The van der Waals surface area contributed by atoms with Crippen LogP contribution in [0.5, 0.6) is 5.75 Å². The fraction of sp³-hybridized carbons (Fsp3) is 0. The SMILES string of the molecule is [C-]#[N+]c1ccc(O)c(C(=O)N=C(N)N)c1-c1ccc(F)cc1Cl. The van der Waals surface area contributed by atoms with E-state index in [1.807, 2.05) is 0 Å². The van der Waals surface area contributed by atoms with E-state index in [1.54, 1.807) is 0 Å². The highest BCUT2D eigenvalue weighted by molar-refractivity contribution is 6.34. The lowest BCUT2D eigenvalue weighted by Crippen LogP contribution is -2.24. The van der Waals surface area contributed by atoms with Crippen LogP contribution in [0.3, 0.4) is 0 Å². The van der Waals surface area contributed by atoms with Crippen molar-refractivity contribution in [2.45, 2.75) is 0 Å². The van der Waals surface area contributed by atoms with Gasteiger partial charge in [-0.1, -0.05) is 23.7 Å². The molecule has 0 spiro atoms. The van der Waals surface area contributed by atoms with Gasteiger partial charge in [-0.25, -0.2) is 9.24 Å². The van der Waals surface area contributed by atoms with Crippen molar-refractivity contribution in [3.63, 3.8) is 0 Å². The number of phenols is 1. The van der Waals surface area contributed by atoms with Gasteiger partial charge < -0.3 is 16.6 Å². The molecule has 8 heteroatoms. The summed E-state index contributed by atoms with van der Waals surface area (Å²) in [6, 6.07) is 5.93. The Morgan fingerprint density at radius 2 is 2.00 bits per heavy atom. The molecule has 0 fully saturated rings. The van der Waals surface area contributed by atoms with Crippen LogP contribution in [0, 0.1) is 12.4 Å². The van der Waals surface area contributed by atoms with Crippen LogP contribution in [-0.2, 0) is 0 Å². The van der Waals surface area contributed by atoms with Gasteiger partial charge in [0.05, 0.1) is 17.2 Å². The number of carbonyl (C=O) groups excluding carboxylic acids is 1. The Balaban J connectivity index is 2.85. The van der Waals surface area contributed by atoms with Gasteiger partial charge in [0.25, 0.3) is 5.91 Å². The molecule has 6 nitrogen and oxygen atoms in total. The summed E-state index contributed by atoms with van der Waals surface area (Å²) in [6.07, 6.45) is 0. The Bertz CT molecular complexity index is 871. The highest BCUT2D eigenvalue weighted by Crippen LogP contribution is 2.41. The van der Waals surface area contributed by atoms with Crippen LogP contribution in [0.4, 0.5) is 10.1 Å². The minimum Gasteiger partial charge on any atom is -0.507 e. The number of carbonyl (C=O) groups is 1. The van der Waals surface area contributed by atoms with Crippen LogP contribution in [-0.4, -0.2) is 17.0 Å². The van der Waals surface area contributed by atoms with Gasteiger partial charge in [0.1, 0.15) is 11.6 Å². The predicted molar refractivity (Wildman–Crippen MR) is 84.9 cm³/mol. The van der Waals surface area contributed by atoms with E-state index in [0.29, 0.717) is 0 Å². The lowest BCUT2D eigenvalue weighted by Gasteiger charge is -2.13. The van der Waals surface area contributed by atoms with Crippen LogP contribution >= 0.6 is 11.6 Å². The van der Waals surface area contributed by atoms with E-state index in [4.69, 9.17) is 29.6 Å². The topological polar surface area (TPSA) is 106 Å². The first-order valence-corrected chi connectivity index (χ1v) is 6.55. The van der Waals surface area contributed by atoms with Crippen molar-refractivity contribution >= 4 is 29.2 Å². The third-order valence-corrected chi connectivity index (χ3v) is 3.24. The maximum atomic E-state index is 13.2. The second-order valence-corrected chi connectivity index (χ2v) is 4.84. The van der Waals surface area contributed by atoms with Crippen LogP contribution in [0.15, 0.2) is 35.3 Å². The number of guanidine groups is 1. The molecule has 116 valence electrons. The number of aromatic hydroxyl groups is 1. The van der Waals surface area contributed by atoms with E-state index >= 15 is 0 Å². The Morgan fingerprint density at radius 1 is 1.30 bits per heavy atom. The van der Waals surface area contributed by atoms with Gasteiger partial charge >= 0.3 is 0 Å². The smallest absolute Gasteiger partial charge is 0.283 e. The summed E-state index contributed by atoms with van der Waals surface area (Å²) < 4.78 is 13.2. The van der Waals surface area contributed by atoms with Crippen molar-refractivity contribution in [1.82, 2.24) is 0 Å². The molecule has 5 N–H and O–H groups in total. The summed E-state index contributed by atoms with van der Waals surface area (Å²) in [5.74, 6) is -2.45. The maximum absolute atomic E-state index is 13.2. The number of phenolic OH excluding ortho intramolecular Hbond substituents is 1. The highest BCUT2D eigenvalue weighted by Gasteiger charge is 2.22. The van der Waals surface area contributed by atoms with E-state index in [0.717, 1.165) is 12.1 Å². The quantitative estimate of drug-likeness (QED) is 0.446. The predicted octanol–water partition coefficient (Wildman–Crippen LogP) is 2.82. The van der Waals surface area contributed by atoms with Gasteiger partial charge in [-0.15, -0.1) is 0 Å². The third-order valence-electron chi connectivity index (χ3n) is 2.93. The van der Waals surface area contributed by atoms with Crippen molar-refractivity contribution in [3.05, 3.63) is 58.2 Å². The second-order valence-electron chi connectivity index (χ2n) is 4.43. The molecule has 0 aliphatic carbocycles. The molecule has 0 aliphatic heterocycles. The van der Waals surface area contributed by atoms with Crippen molar-refractivity contribution in [3.8, 4) is 16.9 Å². The Kier molecular flexibility index (Phi) is 4.48. The van der Waals surface area contributed by atoms with Gasteiger partial charge in [-0.05, 0) is 23.8 Å². The fourth-order valence-electron chi connectivity index (χ4n) is 2.03. The molecule has 0 aliphatic rings. The molecule has 0 atom stereocenters. The molecule has 1 amide bonds. The maximum Gasteiger partial charge on any atom is 0.283 e. The molecule has 2 aromatic rings. The fourth-order valence-corrected chi connectivity index (χ4v) is 2.29. The summed E-state index contributed by atoms with van der Waals surface area (Å²) in [4.78, 5) is 18.9. The number of benzene rings is 2. The normalized spacial score (nSPS) is 9.96. The zero-order valence-corrected chi connectivity index (χ0v) is 12.3. The number of hydrogen-bond donors (Lipinski definition) is 3. The number of aliphatic imine (C=N–C) groups is 1. The monoisotopic (exact) mass is 332 g/mol. The molecular weight excluding hydrogens is 323 g/mol. The number of nitrogens with zero attached hydrogens (tertiary/aromatic N) is 2. The van der Waals surface area contributed by atoms with E-state index in [9.17, 15) is 14.3 Å². The van der Waals surface area contributed by atoms with E-state index < -0.39 is 23.4 Å². The molecule has 23 heavy (non-hydrogen) atoms. The molecule has 0 saturated heterocycles. The number of rotatable bonds is 2. The number of nitrogens with two attached hydrogens (primary N) is 2. The molecular formula is C15H10ClFN4O2. The molecule has 2 aromatic carbocycles. The minimum absolute atomic E-state index is 0.0278. The number of halogens is 2.